The summed E-state index contributed by atoms with van der Waals surface area (Å²) in [6, 6.07) is 4.40. The summed E-state index contributed by atoms with van der Waals surface area (Å²) in [5.74, 6) is -3.91. The van der Waals surface area contributed by atoms with Crippen LogP contribution in [0.3, 0.4) is 0 Å². The standard InChI is InChI=1S/C29H36F2N6O3/c1-27(2,3)19-5-7-21(8-6-19)37(26(39)23-15-28(4,40)17-36(23)18-32)24(22-16-33-13-14-34-22)25(38)35-20-9-11-29(30,31)12-10-20/h5-8,13-14,16,20,23-24,40H,9-12,15,17H2,1-4H3,(H,35,38)/t23-,24-,28-/m1/s1. The Hall–Kier alpha value is -3.65. The highest BCUT2D eigenvalue weighted by Gasteiger charge is 2.47. The number of amides is 2. The van der Waals surface area contributed by atoms with Crippen molar-refractivity contribution in [1.82, 2.24) is 20.2 Å². The predicted molar refractivity (Wildman–Crippen MR) is 144 cm³/mol. The van der Waals surface area contributed by atoms with E-state index in [4.69, 9.17) is 0 Å². The van der Waals surface area contributed by atoms with Gasteiger partial charge in [-0.25, -0.2) is 8.78 Å². The summed E-state index contributed by atoms with van der Waals surface area (Å²) in [6.07, 6.45) is 5.76. The first-order chi connectivity index (χ1) is 18.7. The number of β-amino-alcohol motifs (C(OH)–C–C–N with tert-alkyl or cyclic N) is 1. The Morgan fingerprint density at radius 1 is 1.20 bits per heavy atom. The van der Waals surface area contributed by atoms with Gasteiger partial charge in [-0.3, -0.25) is 29.4 Å². The van der Waals surface area contributed by atoms with E-state index in [1.165, 1.54) is 28.4 Å². The molecule has 214 valence electrons. The fourth-order valence-electron chi connectivity index (χ4n) is 5.38. The number of hydrogen-bond donors (Lipinski definition) is 2. The number of likely N-dealkylation sites (tertiary alicyclic amines) is 1. The number of nitriles is 1. The van der Waals surface area contributed by atoms with Crippen LogP contribution in [0, 0.1) is 11.5 Å². The average Bonchev–Trinajstić information content (AvgIpc) is 3.22. The molecule has 1 saturated heterocycles. The van der Waals surface area contributed by atoms with E-state index >= 15 is 0 Å². The molecule has 2 heterocycles. The van der Waals surface area contributed by atoms with Crippen LogP contribution in [0.15, 0.2) is 42.9 Å². The number of alkyl halides is 2. The number of anilines is 1. The maximum absolute atomic E-state index is 14.3. The number of rotatable bonds is 6. The van der Waals surface area contributed by atoms with Gasteiger partial charge in [0.25, 0.3) is 5.91 Å². The van der Waals surface area contributed by atoms with Gasteiger partial charge in [0.05, 0.1) is 24.0 Å². The second-order valence-corrected chi connectivity index (χ2v) is 12.1. The van der Waals surface area contributed by atoms with E-state index in [9.17, 15) is 28.7 Å². The first-order valence-corrected chi connectivity index (χ1v) is 13.5. The Bertz CT molecular complexity index is 1250. The van der Waals surface area contributed by atoms with Crippen molar-refractivity contribution < 1.29 is 23.5 Å². The van der Waals surface area contributed by atoms with Crippen molar-refractivity contribution in [2.24, 2.45) is 0 Å². The van der Waals surface area contributed by atoms with E-state index in [1.54, 1.807) is 19.1 Å². The van der Waals surface area contributed by atoms with Crippen molar-refractivity contribution in [3.63, 3.8) is 0 Å². The third-order valence-electron chi connectivity index (χ3n) is 7.62. The zero-order chi connectivity index (χ0) is 29.3. The highest BCUT2D eigenvalue weighted by molar-refractivity contribution is 6.04. The number of benzene rings is 1. The van der Waals surface area contributed by atoms with Crippen molar-refractivity contribution in [3.8, 4) is 6.19 Å². The van der Waals surface area contributed by atoms with Gasteiger partial charge in [0.2, 0.25) is 11.8 Å². The topological polar surface area (TPSA) is 122 Å². The predicted octanol–water partition coefficient (Wildman–Crippen LogP) is 3.85. The van der Waals surface area contributed by atoms with Gasteiger partial charge in [-0.2, -0.15) is 5.26 Å². The summed E-state index contributed by atoms with van der Waals surface area (Å²) < 4.78 is 27.6. The summed E-state index contributed by atoms with van der Waals surface area (Å²) in [5, 5.41) is 23.3. The zero-order valence-corrected chi connectivity index (χ0v) is 23.3. The van der Waals surface area contributed by atoms with Gasteiger partial charge in [-0.15, -0.1) is 0 Å². The molecule has 0 radical (unpaired) electrons. The van der Waals surface area contributed by atoms with Crippen LogP contribution in [-0.2, 0) is 15.0 Å². The molecule has 1 saturated carbocycles. The molecule has 0 bridgehead atoms. The largest absolute Gasteiger partial charge is 0.388 e. The second kappa shape index (κ2) is 11.1. The molecular formula is C29H36F2N6O3. The SMILES string of the molecule is CC(C)(C)c1ccc(N(C(=O)[C@H]2C[C@@](C)(O)CN2C#N)[C@@H](C(=O)NC2CCC(F)(F)CC2)c2cnccn2)cc1. The fourth-order valence-corrected chi connectivity index (χ4v) is 5.38. The highest BCUT2D eigenvalue weighted by Crippen LogP contribution is 2.36. The minimum absolute atomic E-state index is 0.0114. The number of halogens is 2. The molecule has 2 aliphatic rings. The first kappa shape index (κ1) is 29.3. The molecule has 40 heavy (non-hydrogen) atoms. The molecule has 2 amide bonds. The Balaban J connectivity index is 1.77. The molecule has 11 heteroatoms. The lowest BCUT2D eigenvalue weighted by Crippen LogP contribution is -2.52. The van der Waals surface area contributed by atoms with Crippen LogP contribution in [0.2, 0.25) is 0 Å². The van der Waals surface area contributed by atoms with E-state index in [0.29, 0.717) is 5.69 Å². The maximum atomic E-state index is 14.3. The van der Waals surface area contributed by atoms with Crippen LogP contribution < -0.4 is 10.2 Å². The van der Waals surface area contributed by atoms with E-state index in [0.717, 1.165) is 5.56 Å². The Labute approximate surface area is 233 Å². The van der Waals surface area contributed by atoms with Crippen LogP contribution in [0.5, 0.6) is 0 Å². The second-order valence-electron chi connectivity index (χ2n) is 12.1. The molecule has 1 aromatic heterocycles. The summed E-state index contributed by atoms with van der Waals surface area (Å²) in [4.78, 5) is 39.1. The molecule has 1 aromatic carbocycles. The number of aromatic nitrogens is 2. The smallest absolute Gasteiger partial charge is 0.251 e. The van der Waals surface area contributed by atoms with Crippen molar-refractivity contribution >= 4 is 17.5 Å². The van der Waals surface area contributed by atoms with Crippen LogP contribution >= 0.6 is 0 Å². The minimum atomic E-state index is -2.76. The number of carbonyl (C=O) groups is 2. The van der Waals surface area contributed by atoms with Gasteiger partial charge in [0.1, 0.15) is 6.04 Å². The molecule has 4 rings (SSSR count). The van der Waals surface area contributed by atoms with Gasteiger partial charge in [-0.05, 0) is 42.9 Å². The van der Waals surface area contributed by atoms with E-state index in [1.807, 2.05) is 18.3 Å². The molecule has 2 fully saturated rings. The average molecular weight is 555 g/mol. The number of hydrogen-bond acceptors (Lipinski definition) is 7. The normalized spacial score (nSPS) is 23.8. The summed E-state index contributed by atoms with van der Waals surface area (Å²) in [6.45, 7) is 7.69. The third kappa shape index (κ3) is 6.55. The molecule has 1 aliphatic carbocycles. The molecule has 0 unspecified atom stereocenters. The van der Waals surface area contributed by atoms with Gasteiger partial charge in [0, 0.05) is 43.4 Å². The number of nitrogens with one attached hydrogen (secondary N) is 1. The maximum Gasteiger partial charge on any atom is 0.251 e. The van der Waals surface area contributed by atoms with Crippen LogP contribution in [-0.4, -0.2) is 61.9 Å². The number of nitrogens with zero attached hydrogens (tertiary/aromatic N) is 5. The lowest BCUT2D eigenvalue weighted by molar-refractivity contribution is -0.129. The van der Waals surface area contributed by atoms with Gasteiger partial charge >= 0.3 is 0 Å². The lowest BCUT2D eigenvalue weighted by Gasteiger charge is -2.35. The summed E-state index contributed by atoms with van der Waals surface area (Å²) >= 11 is 0. The molecular weight excluding hydrogens is 518 g/mol. The van der Waals surface area contributed by atoms with Gasteiger partial charge < -0.3 is 10.4 Å². The number of aliphatic hydroxyl groups is 1. The quantitative estimate of drug-likeness (QED) is 0.520. The van der Waals surface area contributed by atoms with Crippen molar-refractivity contribution in [3.05, 3.63) is 54.1 Å². The van der Waals surface area contributed by atoms with Crippen molar-refractivity contribution in [2.75, 3.05) is 11.4 Å². The highest BCUT2D eigenvalue weighted by atomic mass is 19.3. The fraction of sp³-hybridized carbons (Fsp3) is 0.552. The summed E-state index contributed by atoms with van der Waals surface area (Å²) in [7, 11) is 0. The summed E-state index contributed by atoms with van der Waals surface area (Å²) in [5.41, 5.74) is 0.135. The van der Waals surface area contributed by atoms with Gasteiger partial charge in [0.15, 0.2) is 12.2 Å². The van der Waals surface area contributed by atoms with Crippen LogP contribution in [0.4, 0.5) is 14.5 Å². The minimum Gasteiger partial charge on any atom is -0.388 e. The van der Waals surface area contributed by atoms with E-state index < -0.39 is 41.5 Å². The molecule has 1 aliphatic heterocycles. The third-order valence-corrected chi connectivity index (χ3v) is 7.62. The monoisotopic (exact) mass is 554 g/mol. The molecule has 9 nitrogen and oxygen atoms in total. The molecule has 3 atom stereocenters. The van der Waals surface area contributed by atoms with Crippen LogP contribution in [0.25, 0.3) is 0 Å². The van der Waals surface area contributed by atoms with E-state index in [-0.39, 0.29) is 49.8 Å². The van der Waals surface area contributed by atoms with Crippen molar-refractivity contribution in [2.45, 2.75) is 94.9 Å². The van der Waals surface area contributed by atoms with Gasteiger partial charge in [-0.1, -0.05) is 32.9 Å². The molecule has 2 aromatic rings. The Morgan fingerprint density at radius 2 is 1.85 bits per heavy atom. The lowest BCUT2D eigenvalue weighted by atomic mass is 9.87. The first-order valence-electron chi connectivity index (χ1n) is 13.5. The Morgan fingerprint density at radius 3 is 2.40 bits per heavy atom. The zero-order valence-electron chi connectivity index (χ0n) is 23.3. The number of carbonyl (C=O) groups excluding carboxylic acids is 2. The van der Waals surface area contributed by atoms with Crippen molar-refractivity contribution in [1.29, 1.82) is 5.26 Å². The molecule has 2 N–H and O–H groups in total. The Kier molecular flexibility index (Phi) is 8.13. The van der Waals surface area contributed by atoms with Crippen LogP contribution in [0.1, 0.15) is 77.1 Å². The van der Waals surface area contributed by atoms with E-state index in [2.05, 4.69) is 36.1 Å². The molecule has 0 spiro atoms.